The fourth-order valence-electron chi connectivity index (χ4n) is 2.47. The highest BCUT2D eigenvalue weighted by atomic mass is 35.5. The van der Waals surface area contributed by atoms with E-state index in [2.05, 4.69) is 5.32 Å². The second-order valence-corrected chi connectivity index (χ2v) is 5.52. The van der Waals surface area contributed by atoms with Crippen LogP contribution in [0.3, 0.4) is 0 Å². The quantitative estimate of drug-likeness (QED) is 0.805. The number of benzene rings is 1. The lowest BCUT2D eigenvalue weighted by Crippen LogP contribution is -2.48. The lowest BCUT2D eigenvalue weighted by atomic mass is 10.2. The first kappa shape index (κ1) is 21.2. The van der Waals surface area contributed by atoms with Gasteiger partial charge in [-0.3, -0.25) is 9.59 Å². The van der Waals surface area contributed by atoms with E-state index < -0.39 is 29.7 Å². The van der Waals surface area contributed by atoms with Gasteiger partial charge in [-0.2, -0.15) is 13.2 Å². The highest BCUT2D eigenvalue weighted by Crippen LogP contribution is 2.32. The zero-order chi connectivity index (χ0) is 17.9. The molecule has 2 unspecified atom stereocenters. The molecule has 25 heavy (non-hydrogen) atoms. The molecule has 0 bridgehead atoms. The number of nitrogens with one attached hydrogen (secondary N) is 1. The largest absolute Gasteiger partial charge is 0.416 e. The lowest BCUT2D eigenvalue weighted by molar-refractivity contribution is -0.137. The van der Waals surface area contributed by atoms with E-state index in [0.717, 1.165) is 12.1 Å². The summed E-state index contributed by atoms with van der Waals surface area (Å²) < 4.78 is 43.1. The Morgan fingerprint density at radius 1 is 1.48 bits per heavy atom. The first-order valence-electron chi connectivity index (χ1n) is 7.25. The molecular formula is C15H19ClF3N3O3. The number of ether oxygens (including phenoxy) is 1. The average Bonchev–Trinajstić information content (AvgIpc) is 2.87. The molecule has 10 heteroatoms. The van der Waals surface area contributed by atoms with E-state index in [4.69, 9.17) is 10.5 Å². The molecule has 6 nitrogen and oxygen atoms in total. The van der Waals surface area contributed by atoms with Gasteiger partial charge in [0.2, 0.25) is 11.8 Å². The smallest absolute Gasteiger partial charge is 0.383 e. The summed E-state index contributed by atoms with van der Waals surface area (Å²) in [6.45, 7) is 0.120. The van der Waals surface area contributed by atoms with Gasteiger partial charge < -0.3 is 20.7 Å². The summed E-state index contributed by atoms with van der Waals surface area (Å²) in [6, 6.07) is 3.14. The Morgan fingerprint density at radius 2 is 2.16 bits per heavy atom. The van der Waals surface area contributed by atoms with Gasteiger partial charge in [-0.15, -0.1) is 12.4 Å². The summed E-state index contributed by atoms with van der Waals surface area (Å²) in [5, 5.41) is 2.61. The van der Waals surface area contributed by atoms with Crippen molar-refractivity contribution in [1.82, 2.24) is 5.32 Å². The van der Waals surface area contributed by atoms with Crippen molar-refractivity contribution in [2.24, 2.45) is 5.73 Å². The molecule has 1 heterocycles. The molecule has 2 rings (SSSR count). The fourth-order valence-corrected chi connectivity index (χ4v) is 2.47. The van der Waals surface area contributed by atoms with Crippen LogP contribution in [0, 0.1) is 0 Å². The van der Waals surface area contributed by atoms with Gasteiger partial charge in [0.05, 0.1) is 18.2 Å². The van der Waals surface area contributed by atoms with E-state index >= 15 is 0 Å². The van der Waals surface area contributed by atoms with Crippen molar-refractivity contribution in [1.29, 1.82) is 0 Å². The average molecular weight is 382 g/mol. The number of carbonyl (C=O) groups is 2. The zero-order valence-corrected chi connectivity index (χ0v) is 14.2. The van der Waals surface area contributed by atoms with Crippen LogP contribution < -0.4 is 16.0 Å². The number of anilines is 1. The minimum Gasteiger partial charge on any atom is -0.383 e. The second kappa shape index (κ2) is 8.50. The third-order valence-electron chi connectivity index (χ3n) is 3.64. The molecule has 140 valence electrons. The summed E-state index contributed by atoms with van der Waals surface area (Å²) in [7, 11) is 1.40. The fraction of sp³-hybridized carbons (Fsp3) is 0.467. The number of methoxy groups -OCH3 is 1. The van der Waals surface area contributed by atoms with Gasteiger partial charge in [-0.1, -0.05) is 6.07 Å². The van der Waals surface area contributed by atoms with E-state index in [0.29, 0.717) is 0 Å². The monoisotopic (exact) mass is 381 g/mol. The van der Waals surface area contributed by atoms with Crippen LogP contribution in [-0.4, -0.2) is 44.2 Å². The van der Waals surface area contributed by atoms with Crippen molar-refractivity contribution in [2.75, 3.05) is 25.2 Å². The predicted molar refractivity (Wildman–Crippen MR) is 87.4 cm³/mol. The third kappa shape index (κ3) is 5.32. The Balaban J connectivity index is 0.00000312. The normalized spacial score (nSPS) is 18.7. The number of halogens is 4. The number of carbonyl (C=O) groups excluding carboxylic acids is 2. The molecule has 0 aromatic heterocycles. The number of nitrogens with two attached hydrogens (primary N) is 1. The molecular weight excluding hydrogens is 363 g/mol. The van der Waals surface area contributed by atoms with Crippen molar-refractivity contribution < 1.29 is 27.5 Å². The molecule has 1 saturated heterocycles. The first-order chi connectivity index (χ1) is 11.2. The Bertz CT molecular complexity index is 628. The highest BCUT2D eigenvalue weighted by molar-refractivity contribution is 5.97. The Hall–Kier alpha value is -1.84. The van der Waals surface area contributed by atoms with E-state index in [1.807, 2.05) is 0 Å². The van der Waals surface area contributed by atoms with E-state index in [1.165, 1.54) is 24.1 Å². The third-order valence-corrected chi connectivity index (χ3v) is 3.64. The number of amides is 2. The summed E-state index contributed by atoms with van der Waals surface area (Å²) in [4.78, 5) is 25.1. The predicted octanol–water partition coefficient (Wildman–Crippen LogP) is 1.32. The van der Waals surface area contributed by atoms with Gasteiger partial charge in [-0.05, 0) is 18.2 Å². The van der Waals surface area contributed by atoms with E-state index in [1.54, 1.807) is 0 Å². The van der Waals surface area contributed by atoms with Crippen molar-refractivity contribution in [3.63, 3.8) is 0 Å². The minimum absolute atomic E-state index is 0. The number of nitrogens with zero attached hydrogens (tertiary/aromatic N) is 1. The maximum atomic E-state index is 12.8. The van der Waals surface area contributed by atoms with Crippen LogP contribution in [0.15, 0.2) is 24.3 Å². The molecule has 1 aromatic rings. The van der Waals surface area contributed by atoms with Crippen molar-refractivity contribution in [3.05, 3.63) is 29.8 Å². The Labute approximate surface area is 148 Å². The summed E-state index contributed by atoms with van der Waals surface area (Å²) >= 11 is 0. The molecule has 2 atom stereocenters. The van der Waals surface area contributed by atoms with Gasteiger partial charge in [0.15, 0.2) is 0 Å². The molecule has 0 saturated carbocycles. The van der Waals surface area contributed by atoms with Crippen molar-refractivity contribution >= 4 is 29.9 Å². The first-order valence-corrected chi connectivity index (χ1v) is 7.25. The van der Waals surface area contributed by atoms with Gasteiger partial charge in [0.1, 0.15) is 6.04 Å². The van der Waals surface area contributed by atoms with E-state index in [-0.39, 0.29) is 43.6 Å². The molecule has 2 amide bonds. The van der Waals surface area contributed by atoms with Crippen LogP contribution in [0.4, 0.5) is 18.9 Å². The van der Waals surface area contributed by atoms with Crippen LogP contribution >= 0.6 is 12.4 Å². The van der Waals surface area contributed by atoms with Crippen LogP contribution in [-0.2, 0) is 20.5 Å². The van der Waals surface area contributed by atoms with Crippen LogP contribution in [0.25, 0.3) is 0 Å². The highest BCUT2D eigenvalue weighted by Gasteiger charge is 2.35. The van der Waals surface area contributed by atoms with Crippen LogP contribution in [0.5, 0.6) is 0 Å². The Kier molecular flexibility index (Phi) is 7.21. The Morgan fingerprint density at radius 3 is 2.76 bits per heavy atom. The summed E-state index contributed by atoms with van der Waals surface area (Å²) in [6.07, 6.45) is -4.49. The number of rotatable bonds is 5. The maximum Gasteiger partial charge on any atom is 0.416 e. The molecule has 0 radical (unpaired) electrons. The number of hydrogen-bond acceptors (Lipinski definition) is 4. The molecule has 1 aliphatic heterocycles. The summed E-state index contributed by atoms with van der Waals surface area (Å²) in [5.74, 6) is -0.833. The van der Waals surface area contributed by atoms with Gasteiger partial charge >= 0.3 is 6.18 Å². The van der Waals surface area contributed by atoms with Gasteiger partial charge in [0, 0.05) is 25.8 Å². The standard InChI is InChI=1S/C15H18F3N3O3.ClH/c1-24-8-12(19)14(23)20-10-6-13(22)21(7-10)11-4-2-3-9(5-11)15(16,17)18;/h2-5,10,12H,6-8,19H2,1H3,(H,20,23);1H. The maximum absolute atomic E-state index is 12.8. The van der Waals surface area contributed by atoms with E-state index in [9.17, 15) is 22.8 Å². The molecule has 0 spiro atoms. The topological polar surface area (TPSA) is 84.7 Å². The zero-order valence-electron chi connectivity index (χ0n) is 13.4. The second-order valence-electron chi connectivity index (χ2n) is 5.52. The summed E-state index contributed by atoms with van der Waals surface area (Å²) in [5.41, 5.74) is 4.91. The SMILES string of the molecule is COCC(N)C(=O)NC1CC(=O)N(c2cccc(C(F)(F)F)c2)C1.Cl. The molecule has 1 fully saturated rings. The molecule has 1 aliphatic rings. The molecule has 0 aliphatic carbocycles. The van der Waals surface area contributed by atoms with Crippen molar-refractivity contribution in [2.45, 2.75) is 24.7 Å². The van der Waals surface area contributed by atoms with Gasteiger partial charge in [0.25, 0.3) is 0 Å². The lowest BCUT2D eigenvalue weighted by Gasteiger charge is -2.19. The van der Waals surface area contributed by atoms with Crippen LogP contribution in [0.2, 0.25) is 0 Å². The minimum atomic E-state index is -4.49. The van der Waals surface area contributed by atoms with Crippen LogP contribution in [0.1, 0.15) is 12.0 Å². The number of hydrogen-bond donors (Lipinski definition) is 2. The molecule has 3 N–H and O–H groups in total. The number of alkyl halides is 3. The molecule has 1 aromatic carbocycles. The van der Waals surface area contributed by atoms with Crippen molar-refractivity contribution in [3.8, 4) is 0 Å². The van der Waals surface area contributed by atoms with Gasteiger partial charge in [-0.25, -0.2) is 0 Å².